The molecule has 0 heterocycles. The molecule has 0 spiro atoms. The highest BCUT2D eigenvalue weighted by atomic mass is 31.2. The zero-order valence-corrected chi connectivity index (χ0v) is 42.8. The van der Waals surface area contributed by atoms with Crippen molar-refractivity contribution in [2.24, 2.45) is 0 Å². The van der Waals surface area contributed by atoms with Gasteiger partial charge in [0.15, 0.2) is 0 Å². The van der Waals surface area contributed by atoms with E-state index in [2.05, 4.69) is 31.3 Å². The van der Waals surface area contributed by atoms with Crippen LogP contribution in [0.5, 0.6) is 0 Å². The minimum Gasteiger partial charge on any atom is -0.387 e. The smallest absolute Gasteiger partial charge is 0.387 e. The van der Waals surface area contributed by atoms with Crippen molar-refractivity contribution in [1.82, 2.24) is 5.32 Å². The summed E-state index contributed by atoms with van der Waals surface area (Å²) in [6.07, 6.45) is 55.4. The highest BCUT2D eigenvalue weighted by molar-refractivity contribution is 7.47. The number of phosphoric acid groups is 1. The summed E-state index contributed by atoms with van der Waals surface area (Å²) in [7, 11) is 1.58. The number of aliphatic hydroxyl groups excluding tert-OH is 1. The molecule has 9 heteroatoms. The lowest BCUT2D eigenvalue weighted by Crippen LogP contribution is -2.45. The molecule has 0 aliphatic rings. The Morgan fingerprint density at radius 3 is 1.24 bits per heavy atom. The molecule has 0 aliphatic heterocycles. The van der Waals surface area contributed by atoms with Crippen LogP contribution in [0.2, 0.25) is 0 Å². The van der Waals surface area contributed by atoms with Gasteiger partial charge in [0, 0.05) is 6.42 Å². The van der Waals surface area contributed by atoms with Gasteiger partial charge in [0.1, 0.15) is 13.2 Å². The number of carbonyl (C=O) groups excluding carboxylic acids is 1. The van der Waals surface area contributed by atoms with Crippen LogP contribution in [0.25, 0.3) is 0 Å². The Balaban J connectivity index is 4.28. The van der Waals surface area contributed by atoms with Gasteiger partial charge in [-0.25, -0.2) is 4.57 Å². The summed E-state index contributed by atoms with van der Waals surface area (Å²) >= 11 is 0. The molecular weight excluding hydrogens is 792 g/mol. The van der Waals surface area contributed by atoms with Gasteiger partial charge in [0.25, 0.3) is 0 Å². The van der Waals surface area contributed by atoms with Gasteiger partial charge in [-0.1, -0.05) is 231 Å². The summed E-state index contributed by atoms with van der Waals surface area (Å²) < 4.78 is 23.7. The fourth-order valence-electron chi connectivity index (χ4n) is 7.92. The maximum absolute atomic E-state index is 12.9. The van der Waals surface area contributed by atoms with Crippen molar-refractivity contribution in [3.05, 3.63) is 24.3 Å². The van der Waals surface area contributed by atoms with E-state index < -0.39 is 20.0 Å². The van der Waals surface area contributed by atoms with Crippen LogP contribution in [0.4, 0.5) is 0 Å². The van der Waals surface area contributed by atoms with E-state index in [1.807, 2.05) is 27.2 Å². The normalized spacial score (nSPS) is 14.2. The molecule has 0 fully saturated rings. The second kappa shape index (κ2) is 45.1. The Labute approximate surface area is 385 Å². The number of allylic oxidation sites excluding steroid dienone is 3. The molecule has 1 amide bonds. The van der Waals surface area contributed by atoms with Crippen molar-refractivity contribution in [3.8, 4) is 0 Å². The van der Waals surface area contributed by atoms with Gasteiger partial charge in [-0.05, 0) is 44.9 Å². The number of unbranched alkanes of at least 4 members (excludes halogenated alkanes) is 34. The van der Waals surface area contributed by atoms with Gasteiger partial charge >= 0.3 is 7.82 Å². The Bertz CT molecular complexity index is 1060. The number of hydrogen-bond donors (Lipinski definition) is 3. The average Bonchev–Trinajstić information content (AvgIpc) is 3.23. The van der Waals surface area contributed by atoms with E-state index in [0.29, 0.717) is 17.4 Å². The van der Waals surface area contributed by atoms with Crippen LogP contribution in [-0.2, 0) is 18.4 Å². The first kappa shape index (κ1) is 61.0. The number of aliphatic hydroxyl groups is 1. The number of amides is 1. The molecule has 0 aliphatic carbocycles. The van der Waals surface area contributed by atoms with Crippen molar-refractivity contribution in [3.63, 3.8) is 0 Å². The molecule has 62 heavy (non-hydrogen) atoms. The molecule has 0 rings (SSSR count). The number of hydrogen-bond acceptors (Lipinski definition) is 5. The summed E-state index contributed by atoms with van der Waals surface area (Å²) in [5.74, 6) is -0.176. The second-order valence-electron chi connectivity index (χ2n) is 19.6. The van der Waals surface area contributed by atoms with E-state index in [9.17, 15) is 19.4 Å². The van der Waals surface area contributed by atoms with Crippen molar-refractivity contribution in [1.29, 1.82) is 0 Å². The van der Waals surface area contributed by atoms with Crippen molar-refractivity contribution in [2.75, 3.05) is 40.9 Å². The number of carbonyl (C=O) groups is 1. The minimum absolute atomic E-state index is 0.0627. The third-order valence-corrected chi connectivity index (χ3v) is 13.1. The summed E-state index contributed by atoms with van der Waals surface area (Å²) in [4.78, 5) is 23.2. The first-order chi connectivity index (χ1) is 30.0. The zero-order valence-electron chi connectivity index (χ0n) is 41.9. The van der Waals surface area contributed by atoms with E-state index in [1.54, 1.807) is 6.08 Å². The fourth-order valence-corrected chi connectivity index (χ4v) is 8.66. The number of phosphoric ester groups is 1. The van der Waals surface area contributed by atoms with Crippen molar-refractivity contribution in [2.45, 2.75) is 270 Å². The van der Waals surface area contributed by atoms with Gasteiger partial charge in [0.05, 0.1) is 39.9 Å². The molecule has 0 saturated carbocycles. The lowest BCUT2D eigenvalue weighted by Gasteiger charge is -2.25. The molecule has 0 radical (unpaired) electrons. The van der Waals surface area contributed by atoms with Gasteiger partial charge in [-0.15, -0.1) is 0 Å². The SMILES string of the molecule is CCCCCCCC/C=C\CCCCCCCCCCCC(=O)NC(COP(=O)(O)OCC[N+](C)(C)C)C(O)/C=C/CCCCCCCCCCCCCCCCCCCCC. The molecule has 3 N–H and O–H groups in total. The summed E-state index contributed by atoms with van der Waals surface area (Å²) in [5.41, 5.74) is 0. The molecule has 0 aromatic heterocycles. The van der Waals surface area contributed by atoms with E-state index >= 15 is 0 Å². The van der Waals surface area contributed by atoms with Gasteiger partial charge in [-0.2, -0.15) is 0 Å². The first-order valence-electron chi connectivity index (χ1n) is 26.7. The van der Waals surface area contributed by atoms with E-state index in [1.165, 1.54) is 199 Å². The average molecular weight is 898 g/mol. The molecular formula is C53H106N2O6P+. The minimum atomic E-state index is -4.34. The van der Waals surface area contributed by atoms with Crippen LogP contribution in [0, 0.1) is 0 Å². The predicted molar refractivity (Wildman–Crippen MR) is 268 cm³/mol. The van der Waals surface area contributed by atoms with Gasteiger partial charge < -0.3 is 19.8 Å². The molecule has 3 unspecified atom stereocenters. The summed E-state index contributed by atoms with van der Waals surface area (Å²) in [5, 5.41) is 13.9. The highest BCUT2D eigenvalue weighted by Gasteiger charge is 2.27. The lowest BCUT2D eigenvalue weighted by atomic mass is 10.0. The summed E-state index contributed by atoms with van der Waals surface area (Å²) in [6, 6.07) is -0.845. The topological polar surface area (TPSA) is 105 Å². The van der Waals surface area contributed by atoms with Crippen LogP contribution in [0.3, 0.4) is 0 Å². The molecule has 368 valence electrons. The number of likely N-dealkylation sites (N-methyl/N-ethyl adjacent to an activating group) is 1. The number of rotatable bonds is 49. The monoisotopic (exact) mass is 898 g/mol. The van der Waals surface area contributed by atoms with Crippen LogP contribution in [0.1, 0.15) is 258 Å². The largest absolute Gasteiger partial charge is 0.472 e. The van der Waals surface area contributed by atoms with Gasteiger partial charge in [0.2, 0.25) is 5.91 Å². The Kier molecular flexibility index (Phi) is 44.4. The predicted octanol–water partition coefficient (Wildman–Crippen LogP) is 15.6. The van der Waals surface area contributed by atoms with Gasteiger partial charge in [-0.3, -0.25) is 13.8 Å². The standard InChI is InChI=1S/C53H105N2O6P/c1-6-8-10-12-14-16-18-20-22-24-26-27-29-30-32-34-36-38-40-42-44-46-52(56)51(50-61-62(58,59)60-49-48-55(3,4)5)54-53(57)47-45-43-41-39-37-35-33-31-28-25-23-21-19-17-15-13-11-9-7-2/h21,23,44,46,51-52,56H,6-20,22,24-43,45,47-50H2,1-5H3,(H-,54,57,58,59)/p+1/b23-21-,46-44+. The number of nitrogens with zero attached hydrogens (tertiary/aromatic N) is 1. The maximum atomic E-state index is 12.9. The maximum Gasteiger partial charge on any atom is 0.472 e. The van der Waals surface area contributed by atoms with Crippen LogP contribution in [-0.4, -0.2) is 73.4 Å². The molecule has 0 aromatic carbocycles. The highest BCUT2D eigenvalue weighted by Crippen LogP contribution is 2.43. The molecule has 0 aromatic rings. The third-order valence-electron chi connectivity index (χ3n) is 12.2. The van der Waals surface area contributed by atoms with Crippen LogP contribution in [0.15, 0.2) is 24.3 Å². The lowest BCUT2D eigenvalue weighted by molar-refractivity contribution is -0.870. The quantitative estimate of drug-likeness (QED) is 0.0243. The van der Waals surface area contributed by atoms with Crippen LogP contribution >= 0.6 is 7.82 Å². The van der Waals surface area contributed by atoms with Crippen LogP contribution < -0.4 is 5.32 Å². The fraction of sp³-hybridized carbons (Fsp3) is 0.906. The second-order valence-corrected chi connectivity index (χ2v) is 21.1. The van der Waals surface area contributed by atoms with E-state index in [0.717, 1.165) is 38.5 Å². The number of quaternary nitrogens is 1. The van der Waals surface area contributed by atoms with E-state index in [4.69, 9.17) is 9.05 Å². The van der Waals surface area contributed by atoms with E-state index in [-0.39, 0.29) is 19.1 Å². The molecule has 8 nitrogen and oxygen atoms in total. The molecule has 0 bridgehead atoms. The Morgan fingerprint density at radius 2 is 0.871 bits per heavy atom. The third kappa shape index (κ3) is 47.0. The van der Waals surface area contributed by atoms with Crippen molar-refractivity contribution >= 4 is 13.7 Å². The first-order valence-corrected chi connectivity index (χ1v) is 28.2. The Hall–Kier alpha value is -1.02. The molecule has 3 atom stereocenters. The number of nitrogens with one attached hydrogen (secondary N) is 1. The zero-order chi connectivity index (χ0) is 45.7. The summed E-state index contributed by atoms with van der Waals surface area (Å²) in [6.45, 7) is 4.84. The van der Waals surface area contributed by atoms with Crippen molar-refractivity contribution < 1.29 is 32.9 Å². The Morgan fingerprint density at radius 1 is 0.532 bits per heavy atom. The molecule has 0 saturated heterocycles.